The lowest BCUT2D eigenvalue weighted by molar-refractivity contribution is -0.138. The largest absolute Gasteiger partial charge is 0.464 e. The average molecular weight is 263 g/mol. The second-order valence-corrected chi connectivity index (χ2v) is 5.54. The maximum Gasteiger partial charge on any atom is 0.328 e. The maximum absolute atomic E-state index is 11.5. The van der Waals surface area contributed by atoms with Gasteiger partial charge in [0.25, 0.3) is 0 Å². The van der Waals surface area contributed by atoms with E-state index in [1.54, 1.807) is 11.3 Å². The topological polar surface area (TPSA) is 64.1 Å². The fourth-order valence-corrected chi connectivity index (χ4v) is 3.08. The van der Waals surface area contributed by atoms with Gasteiger partial charge in [-0.3, -0.25) is 0 Å². The van der Waals surface area contributed by atoms with Crippen molar-refractivity contribution in [1.29, 1.82) is 0 Å². The van der Waals surface area contributed by atoms with Crippen molar-refractivity contribution in [3.05, 3.63) is 16.8 Å². The number of aromatic nitrogens is 2. The van der Waals surface area contributed by atoms with Crippen LogP contribution in [-0.2, 0) is 9.53 Å². The number of hydrogen-bond donors (Lipinski definition) is 1. The standard InChI is InChI=1S/C12H13N3O2S/c1-6-7(2)18-11-9(6)10(13-5-14-11)15-8-3-4-17-12(8)16/h5,8H,3-4H2,1-2H3,(H,13,14,15)/t8-/m0/s1. The van der Waals surface area contributed by atoms with Gasteiger partial charge in [-0.15, -0.1) is 11.3 Å². The first-order chi connectivity index (χ1) is 8.66. The Morgan fingerprint density at radius 2 is 2.28 bits per heavy atom. The predicted molar refractivity (Wildman–Crippen MR) is 69.9 cm³/mol. The summed E-state index contributed by atoms with van der Waals surface area (Å²) in [7, 11) is 0. The Morgan fingerprint density at radius 3 is 3.00 bits per heavy atom. The summed E-state index contributed by atoms with van der Waals surface area (Å²) in [6, 6.07) is -0.289. The van der Waals surface area contributed by atoms with Crippen molar-refractivity contribution in [1.82, 2.24) is 9.97 Å². The lowest BCUT2D eigenvalue weighted by Gasteiger charge is -2.10. The van der Waals surface area contributed by atoms with Gasteiger partial charge in [0.15, 0.2) is 0 Å². The molecule has 94 valence electrons. The summed E-state index contributed by atoms with van der Waals surface area (Å²) in [6.07, 6.45) is 2.22. The van der Waals surface area contributed by atoms with Crippen LogP contribution in [0.2, 0.25) is 0 Å². The van der Waals surface area contributed by atoms with Crippen molar-refractivity contribution in [3.63, 3.8) is 0 Å². The van der Waals surface area contributed by atoms with Gasteiger partial charge < -0.3 is 10.1 Å². The molecule has 1 atom stereocenters. The van der Waals surface area contributed by atoms with Crippen molar-refractivity contribution < 1.29 is 9.53 Å². The zero-order valence-corrected chi connectivity index (χ0v) is 11.0. The van der Waals surface area contributed by atoms with Gasteiger partial charge in [-0.2, -0.15) is 0 Å². The summed E-state index contributed by atoms with van der Waals surface area (Å²) < 4.78 is 4.94. The third-order valence-corrected chi connectivity index (χ3v) is 4.33. The van der Waals surface area contributed by atoms with Gasteiger partial charge in [-0.1, -0.05) is 0 Å². The van der Waals surface area contributed by atoms with Crippen LogP contribution >= 0.6 is 11.3 Å². The highest BCUT2D eigenvalue weighted by Crippen LogP contribution is 2.33. The highest BCUT2D eigenvalue weighted by molar-refractivity contribution is 7.18. The molecule has 0 spiro atoms. The number of aryl methyl sites for hydroxylation is 2. The second kappa shape index (κ2) is 4.20. The molecule has 1 fully saturated rings. The minimum atomic E-state index is -0.289. The summed E-state index contributed by atoms with van der Waals surface area (Å²) in [4.78, 5) is 22.2. The first-order valence-corrected chi connectivity index (χ1v) is 6.62. The van der Waals surface area contributed by atoms with Gasteiger partial charge in [0, 0.05) is 11.3 Å². The molecule has 18 heavy (non-hydrogen) atoms. The lowest BCUT2D eigenvalue weighted by atomic mass is 10.2. The molecule has 0 aliphatic carbocycles. The molecule has 2 aromatic heterocycles. The van der Waals surface area contributed by atoms with Crippen LogP contribution in [0, 0.1) is 13.8 Å². The fourth-order valence-electron chi connectivity index (χ4n) is 2.08. The summed E-state index contributed by atoms with van der Waals surface area (Å²) in [5.74, 6) is 0.525. The first kappa shape index (κ1) is 11.4. The molecule has 0 bridgehead atoms. The molecule has 3 rings (SSSR count). The number of nitrogens with zero attached hydrogens (tertiary/aromatic N) is 2. The van der Waals surface area contributed by atoms with Crippen molar-refractivity contribution >= 4 is 33.3 Å². The van der Waals surface area contributed by atoms with Gasteiger partial charge in [0.2, 0.25) is 0 Å². The third-order valence-electron chi connectivity index (χ3n) is 3.21. The highest BCUT2D eigenvalue weighted by atomic mass is 32.1. The van der Waals surface area contributed by atoms with Crippen molar-refractivity contribution in [2.24, 2.45) is 0 Å². The molecule has 1 aliphatic rings. The number of thiophene rings is 1. The quantitative estimate of drug-likeness (QED) is 0.840. The molecule has 5 nitrogen and oxygen atoms in total. The van der Waals surface area contributed by atoms with E-state index in [1.165, 1.54) is 16.8 Å². The summed E-state index contributed by atoms with van der Waals surface area (Å²) in [6.45, 7) is 4.59. The smallest absolute Gasteiger partial charge is 0.328 e. The number of anilines is 1. The Kier molecular flexibility index (Phi) is 2.66. The van der Waals surface area contributed by atoms with Gasteiger partial charge in [0.05, 0.1) is 12.0 Å². The van der Waals surface area contributed by atoms with Crippen LogP contribution in [0.3, 0.4) is 0 Å². The zero-order valence-electron chi connectivity index (χ0n) is 10.2. The average Bonchev–Trinajstić information content (AvgIpc) is 2.86. The molecule has 0 amide bonds. The van der Waals surface area contributed by atoms with Crippen molar-refractivity contribution in [3.8, 4) is 0 Å². The van der Waals surface area contributed by atoms with E-state index in [0.717, 1.165) is 16.0 Å². The Bertz CT molecular complexity index is 623. The fraction of sp³-hybridized carbons (Fsp3) is 0.417. The van der Waals surface area contributed by atoms with E-state index in [1.807, 2.05) is 0 Å². The minimum Gasteiger partial charge on any atom is -0.464 e. The van der Waals surface area contributed by atoms with Gasteiger partial charge in [0.1, 0.15) is 23.0 Å². The predicted octanol–water partition coefficient (Wildman–Crippen LogP) is 2.04. The number of esters is 1. The van der Waals surface area contributed by atoms with E-state index in [2.05, 4.69) is 29.1 Å². The molecule has 0 aromatic carbocycles. The normalized spacial score (nSPS) is 19.2. The molecule has 2 aromatic rings. The van der Waals surface area contributed by atoms with Crippen LogP contribution in [0.5, 0.6) is 0 Å². The third kappa shape index (κ3) is 1.73. The van der Waals surface area contributed by atoms with Crippen LogP contribution in [0.15, 0.2) is 6.33 Å². The van der Waals surface area contributed by atoms with Crippen LogP contribution in [-0.4, -0.2) is 28.6 Å². The van der Waals surface area contributed by atoms with E-state index >= 15 is 0 Å². The maximum atomic E-state index is 11.5. The van der Waals surface area contributed by atoms with E-state index < -0.39 is 0 Å². The summed E-state index contributed by atoms with van der Waals surface area (Å²) in [5.41, 5.74) is 1.17. The van der Waals surface area contributed by atoms with E-state index in [-0.39, 0.29) is 12.0 Å². The van der Waals surface area contributed by atoms with Gasteiger partial charge in [-0.05, 0) is 19.4 Å². The Balaban J connectivity index is 2.03. The molecule has 6 heteroatoms. The number of hydrogen-bond acceptors (Lipinski definition) is 6. The molecule has 3 heterocycles. The van der Waals surface area contributed by atoms with Crippen LogP contribution < -0.4 is 5.32 Å². The molecule has 0 radical (unpaired) electrons. The molecule has 0 saturated carbocycles. The molecule has 1 saturated heterocycles. The van der Waals surface area contributed by atoms with Crippen molar-refractivity contribution in [2.45, 2.75) is 26.3 Å². The lowest BCUT2D eigenvalue weighted by Crippen LogP contribution is -2.25. The number of nitrogens with one attached hydrogen (secondary N) is 1. The van der Waals surface area contributed by atoms with E-state index in [9.17, 15) is 4.79 Å². The number of ether oxygens (including phenoxy) is 1. The molecule has 0 unspecified atom stereocenters. The number of rotatable bonds is 2. The Morgan fingerprint density at radius 1 is 1.44 bits per heavy atom. The first-order valence-electron chi connectivity index (χ1n) is 5.80. The van der Waals surface area contributed by atoms with Gasteiger partial charge in [-0.25, -0.2) is 14.8 Å². The molecular weight excluding hydrogens is 250 g/mol. The summed E-state index contributed by atoms with van der Waals surface area (Å²) >= 11 is 1.64. The Labute approximate surface area is 108 Å². The molecule has 1 N–H and O–H groups in total. The minimum absolute atomic E-state index is 0.202. The van der Waals surface area contributed by atoms with Crippen molar-refractivity contribution in [2.75, 3.05) is 11.9 Å². The Hall–Kier alpha value is -1.69. The van der Waals surface area contributed by atoms with Crippen LogP contribution in [0.25, 0.3) is 10.2 Å². The monoisotopic (exact) mass is 263 g/mol. The number of fused-ring (bicyclic) bond motifs is 1. The highest BCUT2D eigenvalue weighted by Gasteiger charge is 2.27. The molecular formula is C12H13N3O2S. The number of carbonyl (C=O) groups is 1. The second-order valence-electron chi connectivity index (χ2n) is 4.34. The van der Waals surface area contributed by atoms with Crippen LogP contribution in [0.1, 0.15) is 16.9 Å². The van der Waals surface area contributed by atoms with E-state index in [4.69, 9.17) is 4.74 Å². The SMILES string of the molecule is Cc1sc2ncnc(N[C@H]3CCOC3=O)c2c1C. The zero-order chi connectivity index (χ0) is 12.7. The van der Waals surface area contributed by atoms with Crippen LogP contribution in [0.4, 0.5) is 5.82 Å². The van der Waals surface area contributed by atoms with E-state index in [0.29, 0.717) is 13.0 Å². The number of carbonyl (C=O) groups excluding carboxylic acids is 1. The van der Waals surface area contributed by atoms with Gasteiger partial charge >= 0.3 is 5.97 Å². The molecule has 1 aliphatic heterocycles. The number of cyclic esters (lactones) is 1. The summed E-state index contributed by atoms with van der Waals surface area (Å²) in [5, 5.41) is 4.18.